The molecule has 0 fully saturated rings. The van der Waals surface area contributed by atoms with Crippen molar-refractivity contribution in [2.75, 3.05) is 12.3 Å². The first-order chi connectivity index (χ1) is 5.65. The Hall–Kier alpha value is -0.890. The summed E-state index contributed by atoms with van der Waals surface area (Å²) in [4.78, 5) is 0. The van der Waals surface area contributed by atoms with Crippen molar-refractivity contribution < 1.29 is 4.74 Å². The van der Waals surface area contributed by atoms with E-state index in [0.29, 0.717) is 17.3 Å². The molecule has 1 rings (SSSR count). The van der Waals surface area contributed by atoms with Crippen LogP contribution in [-0.2, 0) is 0 Å². The van der Waals surface area contributed by atoms with Crippen LogP contribution in [0.15, 0.2) is 12.1 Å². The number of halogens is 1. The van der Waals surface area contributed by atoms with Crippen molar-refractivity contribution in [2.45, 2.75) is 13.8 Å². The maximum atomic E-state index is 5.85. The van der Waals surface area contributed by atoms with Gasteiger partial charge in [0.15, 0.2) is 0 Å². The monoisotopic (exact) mass is 185 g/mol. The summed E-state index contributed by atoms with van der Waals surface area (Å²) >= 11 is 5.85. The quantitative estimate of drug-likeness (QED) is 0.719. The van der Waals surface area contributed by atoms with Gasteiger partial charge in [-0.1, -0.05) is 11.6 Å². The molecule has 0 atom stereocenters. The van der Waals surface area contributed by atoms with Crippen molar-refractivity contribution in [1.29, 1.82) is 0 Å². The van der Waals surface area contributed by atoms with Gasteiger partial charge in [0, 0.05) is 6.07 Å². The molecule has 0 spiro atoms. The lowest BCUT2D eigenvalue weighted by atomic mass is 10.2. The fourth-order valence-corrected chi connectivity index (χ4v) is 1.23. The molecule has 0 saturated carbocycles. The van der Waals surface area contributed by atoms with Crippen molar-refractivity contribution in [3.05, 3.63) is 22.7 Å². The minimum Gasteiger partial charge on any atom is -0.494 e. The summed E-state index contributed by atoms with van der Waals surface area (Å²) in [5, 5.41) is 0.554. The lowest BCUT2D eigenvalue weighted by molar-refractivity contribution is 0.340. The number of nitrogen functional groups attached to an aromatic ring is 1. The highest BCUT2D eigenvalue weighted by molar-refractivity contribution is 6.33. The molecule has 1 aromatic carbocycles. The van der Waals surface area contributed by atoms with Crippen LogP contribution in [0, 0.1) is 6.92 Å². The number of rotatable bonds is 2. The molecule has 0 bridgehead atoms. The number of hydrogen-bond acceptors (Lipinski definition) is 2. The van der Waals surface area contributed by atoms with Crippen LogP contribution in [-0.4, -0.2) is 6.61 Å². The zero-order chi connectivity index (χ0) is 9.14. The third-order valence-electron chi connectivity index (χ3n) is 1.62. The van der Waals surface area contributed by atoms with Crippen molar-refractivity contribution in [3.63, 3.8) is 0 Å². The van der Waals surface area contributed by atoms with Crippen LogP contribution in [0.1, 0.15) is 12.5 Å². The fraction of sp³-hybridized carbons (Fsp3) is 0.333. The molecular weight excluding hydrogens is 174 g/mol. The second-order valence-electron chi connectivity index (χ2n) is 2.57. The predicted molar refractivity (Wildman–Crippen MR) is 51.8 cm³/mol. The number of benzene rings is 1. The Morgan fingerprint density at radius 3 is 2.67 bits per heavy atom. The molecule has 0 aliphatic rings. The van der Waals surface area contributed by atoms with Crippen LogP contribution < -0.4 is 10.5 Å². The zero-order valence-corrected chi connectivity index (χ0v) is 7.98. The maximum absolute atomic E-state index is 5.85. The number of hydrogen-bond donors (Lipinski definition) is 1. The van der Waals surface area contributed by atoms with Gasteiger partial charge in [0.1, 0.15) is 5.75 Å². The summed E-state index contributed by atoms with van der Waals surface area (Å²) in [5.41, 5.74) is 7.23. The summed E-state index contributed by atoms with van der Waals surface area (Å²) in [6, 6.07) is 3.61. The molecule has 3 heteroatoms. The molecule has 0 radical (unpaired) electrons. The summed E-state index contributed by atoms with van der Waals surface area (Å²) < 4.78 is 5.28. The number of ether oxygens (including phenoxy) is 1. The van der Waals surface area contributed by atoms with Gasteiger partial charge in [0.05, 0.1) is 17.3 Å². The Bertz CT molecular complexity index is 263. The zero-order valence-electron chi connectivity index (χ0n) is 7.23. The summed E-state index contributed by atoms with van der Waals surface area (Å²) in [6.45, 7) is 4.48. The SMILES string of the molecule is CCOc1cc(C)c(N)c(Cl)c1. The molecule has 0 unspecified atom stereocenters. The van der Waals surface area contributed by atoms with Crippen molar-refractivity contribution >= 4 is 17.3 Å². The molecule has 2 N–H and O–H groups in total. The van der Waals surface area contributed by atoms with E-state index in [9.17, 15) is 0 Å². The molecule has 66 valence electrons. The highest BCUT2D eigenvalue weighted by Gasteiger charge is 2.02. The van der Waals surface area contributed by atoms with Gasteiger partial charge in [-0.05, 0) is 25.5 Å². The first-order valence-electron chi connectivity index (χ1n) is 3.83. The highest BCUT2D eigenvalue weighted by Crippen LogP contribution is 2.28. The Kier molecular flexibility index (Phi) is 2.82. The fourth-order valence-electron chi connectivity index (χ4n) is 0.974. The topological polar surface area (TPSA) is 35.2 Å². The van der Waals surface area contributed by atoms with Gasteiger partial charge in [-0.15, -0.1) is 0 Å². The lowest BCUT2D eigenvalue weighted by Crippen LogP contribution is -1.95. The molecule has 12 heavy (non-hydrogen) atoms. The van der Waals surface area contributed by atoms with Gasteiger partial charge < -0.3 is 10.5 Å². The van der Waals surface area contributed by atoms with Crippen LogP contribution in [0.2, 0.25) is 5.02 Å². The van der Waals surface area contributed by atoms with E-state index in [1.807, 2.05) is 19.9 Å². The highest BCUT2D eigenvalue weighted by atomic mass is 35.5. The summed E-state index contributed by atoms with van der Waals surface area (Å²) in [7, 11) is 0. The van der Waals surface area contributed by atoms with Gasteiger partial charge in [0.2, 0.25) is 0 Å². The van der Waals surface area contributed by atoms with E-state index in [-0.39, 0.29) is 0 Å². The Morgan fingerprint density at radius 2 is 2.17 bits per heavy atom. The summed E-state index contributed by atoms with van der Waals surface area (Å²) in [5.74, 6) is 0.772. The smallest absolute Gasteiger partial charge is 0.121 e. The van der Waals surface area contributed by atoms with E-state index in [2.05, 4.69) is 0 Å². The van der Waals surface area contributed by atoms with E-state index in [0.717, 1.165) is 11.3 Å². The average molecular weight is 186 g/mol. The molecule has 0 amide bonds. The Balaban J connectivity index is 3.04. The largest absolute Gasteiger partial charge is 0.494 e. The van der Waals surface area contributed by atoms with E-state index >= 15 is 0 Å². The van der Waals surface area contributed by atoms with Crippen LogP contribution in [0.25, 0.3) is 0 Å². The third-order valence-corrected chi connectivity index (χ3v) is 1.93. The van der Waals surface area contributed by atoms with E-state index in [4.69, 9.17) is 22.1 Å². The van der Waals surface area contributed by atoms with E-state index in [1.54, 1.807) is 6.07 Å². The number of aryl methyl sites for hydroxylation is 1. The second-order valence-corrected chi connectivity index (χ2v) is 2.98. The average Bonchev–Trinajstić information content (AvgIpc) is 2.01. The van der Waals surface area contributed by atoms with E-state index in [1.165, 1.54) is 0 Å². The van der Waals surface area contributed by atoms with Gasteiger partial charge in [-0.2, -0.15) is 0 Å². The van der Waals surface area contributed by atoms with Crippen molar-refractivity contribution in [2.24, 2.45) is 0 Å². The standard InChI is InChI=1S/C9H12ClNO/c1-3-12-7-4-6(2)9(11)8(10)5-7/h4-5H,3,11H2,1-2H3. The van der Waals surface area contributed by atoms with Gasteiger partial charge >= 0.3 is 0 Å². The Labute approximate surface area is 77.3 Å². The Morgan fingerprint density at radius 1 is 1.50 bits per heavy atom. The first kappa shape index (κ1) is 9.20. The lowest BCUT2D eigenvalue weighted by Gasteiger charge is -2.07. The van der Waals surface area contributed by atoms with Gasteiger partial charge in [0.25, 0.3) is 0 Å². The van der Waals surface area contributed by atoms with Crippen LogP contribution in [0.3, 0.4) is 0 Å². The second kappa shape index (κ2) is 3.68. The number of anilines is 1. The predicted octanol–water partition coefficient (Wildman–Crippen LogP) is 2.63. The van der Waals surface area contributed by atoms with Crippen molar-refractivity contribution in [1.82, 2.24) is 0 Å². The van der Waals surface area contributed by atoms with E-state index < -0.39 is 0 Å². The third kappa shape index (κ3) is 1.83. The molecule has 2 nitrogen and oxygen atoms in total. The van der Waals surface area contributed by atoms with Crippen LogP contribution in [0.4, 0.5) is 5.69 Å². The molecule has 0 heterocycles. The molecule has 1 aromatic rings. The molecule has 0 aromatic heterocycles. The van der Waals surface area contributed by atoms with Crippen molar-refractivity contribution in [3.8, 4) is 5.75 Å². The minimum absolute atomic E-state index is 0.554. The minimum atomic E-state index is 0.554. The summed E-state index contributed by atoms with van der Waals surface area (Å²) in [6.07, 6.45) is 0. The van der Waals surface area contributed by atoms with Gasteiger partial charge in [-0.3, -0.25) is 0 Å². The molecule has 0 saturated heterocycles. The molecule has 0 aliphatic carbocycles. The molecule has 0 aliphatic heterocycles. The first-order valence-corrected chi connectivity index (χ1v) is 4.21. The number of nitrogens with two attached hydrogens (primary N) is 1. The molecular formula is C9H12ClNO. The maximum Gasteiger partial charge on any atom is 0.121 e. The van der Waals surface area contributed by atoms with Crippen LogP contribution >= 0.6 is 11.6 Å². The normalized spacial score (nSPS) is 9.92. The van der Waals surface area contributed by atoms with Gasteiger partial charge in [-0.25, -0.2) is 0 Å². The van der Waals surface area contributed by atoms with Crippen LogP contribution in [0.5, 0.6) is 5.75 Å².